The Labute approximate surface area is 221 Å². The van der Waals surface area contributed by atoms with Crippen molar-refractivity contribution < 1.29 is 24.3 Å². The molecule has 13 heteroatoms. The van der Waals surface area contributed by atoms with Gasteiger partial charge in [0.05, 0.1) is 6.04 Å². The summed E-state index contributed by atoms with van der Waals surface area (Å²) in [4.78, 5) is 57.2. The summed E-state index contributed by atoms with van der Waals surface area (Å²) in [6, 6.07) is 3.38. The Morgan fingerprint density at radius 1 is 1.00 bits per heavy atom. The molecule has 208 valence electrons. The van der Waals surface area contributed by atoms with Crippen molar-refractivity contribution in [2.24, 2.45) is 28.1 Å². The number of rotatable bonds is 14. The second-order valence-corrected chi connectivity index (χ2v) is 9.48. The normalized spacial score (nSPS) is 14.2. The summed E-state index contributed by atoms with van der Waals surface area (Å²) in [5.41, 5.74) is 18.3. The molecule has 3 amide bonds. The lowest BCUT2D eigenvalue weighted by Crippen LogP contribution is -2.58. The summed E-state index contributed by atoms with van der Waals surface area (Å²) in [6.07, 6.45) is 2.63. The predicted molar refractivity (Wildman–Crippen MR) is 144 cm³/mol. The van der Waals surface area contributed by atoms with Gasteiger partial charge in [-0.2, -0.15) is 0 Å². The zero-order valence-electron chi connectivity index (χ0n) is 21.9. The molecule has 4 atom stereocenters. The van der Waals surface area contributed by atoms with Gasteiger partial charge in [-0.15, -0.1) is 0 Å². The number of aromatic amines is 1. The van der Waals surface area contributed by atoms with Crippen molar-refractivity contribution in [2.45, 2.75) is 64.2 Å². The zero-order chi connectivity index (χ0) is 28.4. The molecule has 0 fully saturated rings. The number of benzene rings is 1. The van der Waals surface area contributed by atoms with Crippen molar-refractivity contribution in [3.63, 3.8) is 0 Å². The fourth-order valence-electron chi connectivity index (χ4n) is 3.81. The number of hydrogen-bond donors (Lipinski definition) is 8. The standard InChI is InChI=1S/C25H38N8O5/c1-13(2)20(23(36)31-14(3)24(37)38)33-22(35)19(11-15-12-30-18-9-5-4-7-16(15)18)32-21(34)17(26)8-6-10-29-25(27)28/h4-5,7,9,12-14,17,19-20,30H,6,8,10-11,26H2,1-3H3,(H,31,36)(H,32,34)(H,33,35)(H,37,38)(H4,27,28,29). The van der Waals surface area contributed by atoms with Gasteiger partial charge in [-0.25, -0.2) is 0 Å². The van der Waals surface area contributed by atoms with Crippen LogP contribution in [-0.2, 0) is 25.6 Å². The van der Waals surface area contributed by atoms with E-state index in [9.17, 15) is 19.2 Å². The molecule has 1 aromatic carbocycles. The highest BCUT2D eigenvalue weighted by Gasteiger charge is 2.31. The number of nitrogens with zero attached hydrogens (tertiary/aromatic N) is 1. The molecule has 0 radical (unpaired) electrons. The number of aliphatic carboxylic acids is 1. The molecule has 13 nitrogen and oxygen atoms in total. The van der Waals surface area contributed by atoms with Gasteiger partial charge < -0.3 is 43.2 Å². The first-order chi connectivity index (χ1) is 17.9. The second kappa shape index (κ2) is 14.0. The fraction of sp³-hybridized carbons (Fsp3) is 0.480. The van der Waals surface area contributed by atoms with Crippen molar-refractivity contribution >= 4 is 40.6 Å². The average molecular weight is 531 g/mol. The average Bonchev–Trinajstić information content (AvgIpc) is 3.26. The van der Waals surface area contributed by atoms with Gasteiger partial charge in [0.2, 0.25) is 17.7 Å². The fourth-order valence-corrected chi connectivity index (χ4v) is 3.81. The number of carboxylic acids is 1. The number of nitrogens with one attached hydrogen (secondary N) is 4. The molecule has 38 heavy (non-hydrogen) atoms. The van der Waals surface area contributed by atoms with E-state index in [0.29, 0.717) is 13.0 Å². The quantitative estimate of drug-likeness (QED) is 0.0882. The highest BCUT2D eigenvalue weighted by molar-refractivity contribution is 5.95. The molecule has 11 N–H and O–H groups in total. The number of carboxylic acid groups (broad SMARTS) is 1. The van der Waals surface area contributed by atoms with Crippen LogP contribution >= 0.6 is 0 Å². The van der Waals surface area contributed by atoms with Crippen LogP contribution < -0.4 is 33.2 Å². The molecule has 2 aromatic rings. The minimum atomic E-state index is -1.20. The Morgan fingerprint density at radius 2 is 1.68 bits per heavy atom. The van der Waals surface area contributed by atoms with Crippen LogP contribution in [0.3, 0.4) is 0 Å². The third-order valence-corrected chi connectivity index (χ3v) is 6.01. The summed E-state index contributed by atoms with van der Waals surface area (Å²) in [6.45, 7) is 5.07. The first kappa shape index (κ1) is 30.1. The van der Waals surface area contributed by atoms with Crippen molar-refractivity contribution in [2.75, 3.05) is 6.54 Å². The number of para-hydroxylation sites is 1. The first-order valence-electron chi connectivity index (χ1n) is 12.4. The maximum atomic E-state index is 13.4. The maximum Gasteiger partial charge on any atom is 0.325 e. The molecular formula is C25H38N8O5. The molecule has 0 aliphatic carbocycles. The number of H-pyrrole nitrogens is 1. The molecule has 0 spiro atoms. The maximum absolute atomic E-state index is 13.4. The molecule has 1 aromatic heterocycles. The number of carbonyl (C=O) groups is 4. The summed E-state index contributed by atoms with van der Waals surface area (Å²) in [5, 5.41) is 17.8. The topological polar surface area (TPSA) is 231 Å². The highest BCUT2D eigenvalue weighted by Crippen LogP contribution is 2.19. The van der Waals surface area contributed by atoms with Gasteiger partial charge in [-0.3, -0.25) is 24.2 Å². The Hall–Kier alpha value is -4.13. The van der Waals surface area contributed by atoms with E-state index in [1.807, 2.05) is 24.3 Å². The van der Waals surface area contributed by atoms with Crippen LogP contribution in [0.15, 0.2) is 35.5 Å². The van der Waals surface area contributed by atoms with E-state index in [2.05, 4.69) is 25.9 Å². The van der Waals surface area contributed by atoms with Crippen LogP contribution in [0.25, 0.3) is 10.9 Å². The summed E-state index contributed by atoms with van der Waals surface area (Å²) in [5.74, 6) is -3.41. The molecule has 4 unspecified atom stereocenters. The molecule has 0 aliphatic heterocycles. The van der Waals surface area contributed by atoms with E-state index in [0.717, 1.165) is 16.5 Å². The van der Waals surface area contributed by atoms with E-state index in [1.165, 1.54) is 6.92 Å². The summed E-state index contributed by atoms with van der Waals surface area (Å²) in [7, 11) is 0. The molecule has 0 saturated heterocycles. The third kappa shape index (κ3) is 8.76. The molecule has 2 rings (SSSR count). The Kier molecular flexibility index (Phi) is 11.1. The van der Waals surface area contributed by atoms with Crippen LogP contribution in [0, 0.1) is 5.92 Å². The van der Waals surface area contributed by atoms with Gasteiger partial charge in [0, 0.05) is 30.1 Å². The zero-order valence-corrected chi connectivity index (χ0v) is 21.9. The van der Waals surface area contributed by atoms with Crippen molar-refractivity contribution in [3.8, 4) is 0 Å². The molecule has 0 saturated carbocycles. The van der Waals surface area contributed by atoms with E-state index in [4.69, 9.17) is 22.3 Å². The van der Waals surface area contributed by atoms with Crippen LogP contribution in [0.1, 0.15) is 39.2 Å². The molecule has 0 bridgehead atoms. The van der Waals surface area contributed by atoms with Crippen LogP contribution in [0.2, 0.25) is 0 Å². The number of hydrogen-bond acceptors (Lipinski definition) is 6. The van der Waals surface area contributed by atoms with Gasteiger partial charge in [0.1, 0.15) is 18.1 Å². The summed E-state index contributed by atoms with van der Waals surface area (Å²) >= 11 is 0. The number of nitrogens with two attached hydrogens (primary N) is 3. The summed E-state index contributed by atoms with van der Waals surface area (Å²) < 4.78 is 0. The molecule has 1 heterocycles. The molecule has 0 aliphatic rings. The van der Waals surface area contributed by atoms with Crippen molar-refractivity contribution in [1.82, 2.24) is 20.9 Å². The Balaban J connectivity index is 2.22. The lowest BCUT2D eigenvalue weighted by molar-refractivity contribution is -0.142. The van der Waals surface area contributed by atoms with Crippen LogP contribution in [-0.4, -0.2) is 70.5 Å². The van der Waals surface area contributed by atoms with Crippen LogP contribution in [0.4, 0.5) is 0 Å². The predicted octanol–water partition coefficient (Wildman–Crippen LogP) is -0.694. The minimum absolute atomic E-state index is 0.0556. The monoisotopic (exact) mass is 530 g/mol. The number of aromatic nitrogens is 1. The van der Waals surface area contributed by atoms with E-state index >= 15 is 0 Å². The SMILES string of the molecule is CC(NC(=O)C(NC(=O)C(Cc1c[nH]c2ccccc12)NC(=O)C(N)CCCN=C(N)N)C(C)C)C(=O)O. The van der Waals surface area contributed by atoms with Crippen molar-refractivity contribution in [1.29, 1.82) is 0 Å². The number of amides is 3. The van der Waals surface area contributed by atoms with E-state index in [1.54, 1.807) is 20.0 Å². The number of carbonyl (C=O) groups excluding carboxylic acids is 3. The first-order valence-corrected chi connectivity index (χ1v) is 12.4. The minimum Gasteiger partial charge on any atom is -0.480 e. The Morgan fingerprint density at radius 3 is 2.32 bits per heavy atom. The smallest absolute Gasteiger partial charge is 0.325 e. The number of fused-ring (bicyclic) bond motifs is 1. The second-order valence-electron chi connectivity index (χ2n) is 9.48. The number of guanidine groups is 1. The van der Waals surface area contributed by atoms with Crippen LogP contribution in [0.5, 0.6) is 0 Å². The van der Waals surface area contributed by atoms with Crippen molar-refractivity contribution in [3.05, 3.63) is 36.0 Å². The van der Waals surface area contributed by atoms with Gasteiger partial charge >= 0.3 is 5.97 Å². The molecular weight excluding hydrogens is 492 g/mol. The largest absolute Gasteiger partial charge is 0.480 e. The Bertz CT molecular complexity index is 1160. The van der Waals surface area contributed by atoms with Gasteiger partial charge in [0.15, 0.2) is 5.96 Å². The lowest BCUT2D eigenvalue weighted by Gasteiger charge is -2.26. The van der Waals surface area contributed by atoms with Gasteiger partial charge in [-0.1, -0.05) is 32.0 Å². The van der Waals surface area contributed by atoms with E-state index in [-0.39, 0.29) is 24.7 Å². The third-order valence-electron chi connectivity index (χ3n) is 6.01. The van der Waals surface area contributed by atoms with Gasteiger partial charge in [-0.05, 0) is 37.3 Å². The van der Waals surface area contributed by atoms with Gasteiger partial charge in [0.25, 0.3) is 0 Å². The van der Waals surface area contributed by atoms with E-state index < -0.39 is 47.9 Å². The lowest BCUT2D eigenvalue weighted by atomic mass is 10.00. The number of aliphatic imine (C=N–C) groups is 1. The highest BCUT2D eigenvalue weighted by atomic mass is 16.4.